The Bertz CT molecular complexity index is 1010. The number of aromatic hydroxyl groups is 1. The number of esters is 1. The van der Waals surface area contributed by atoms with Crippen molar-refractivity contribution in [2.75, 3.05) is 0 Å². The van der Waals surface area contributed by atoms with Crippen molar-refractivity contribution in [3.05, 3.63) is 58.8 Å². The average Bonchev–Trinajstić information content (AvgIpc) is 2.63. The first-order valence-electron chi connectivity index (χ1n) is 8.21. The molecule has 0 aliphatic rings. The van der Waals surface area contributed by atoms with Crippen LogP contribution in [0.3, 0.4) is 0 Å². The summed E-state index contributed by atoms with van der Waals surface area (Å²) in [6.45, 7) is 3.56. The van der Waals surface area contributed by atoms with Crippen molar-refractivity contribution in [2.45, 2.75) is 19.9 Å². The Hall–Kier alpha value is -3.12. The molecular weight excluding hydrogens is 334 g/mol. The molecule has 1 atom stereocenters. The van der Waals surface area contributed by atoms with Gasteiger partial charge in [0.15, 0.2) is 16.8 Å². The van der Waals surface area contributed by atoms with Gasteiger partial charge in [-0.2, -0.15) is 0 Å². The normalized spacial score (nSPS) is 12.3. The number of rotatable bonds is 4. The Labute approximate surface area is 149 Å². The van der Waals surface area contributed by atoms with E-state index in [4.69, 9.17) is 14.9 Å². The third kappa shape index (κ3) is 3.32. The van der Waals surface area contributed by atoms with E-state index >= 15 is 0 Å². The zero-order chi connectivity index (χ0) is 18.8. The number of phenols is 1. The minimum atomic E-state index is -0.867. The molecule has 1 unspecified atom stereocenters. The van der Waals surface area contributed by atoms with Crippen molar-refractivity contribution in [3.63, 3.8) is 0 Å². The molecule has 0 saturated carbocycles. The van der Waals surface area contributed by atoms with E-state index in [0.717, 1.165) is 0 Å². The van der Waals surface area contributed by atoms with E-state index in [9.17, 15) is 14.7 Å². The topological polar surface area (TPSA) is 103 Å². The molecule has 0 amide bonds. The lowest BCUT2D eigenvalue weighted by molar-refractivity contribution is -0.136. The summed E-state index contributed by atoms with van der Waals surface area (Å²) in [5, 5.41) is 10.3. The molecule has 134 valence electrons. The molecular formula is C20H19NO5. The standard InChI is InChI=1S/C20H19NO5/c1-11(2)17(21)20(24)26-19-14(22)9-8-13-15(23)10-16(25-18(13)19)12-6-4-3-5-7-12/h3-11,17,22H,21H2,1-2H3. The van der Waals surface area contributed by atoms with Crippen LogP contribution in [-0.4, -0.2) is 17.1 Å². The molecule has 0 spiro atoms. The van der Waals surface area contributed by atoms with Crippen LogP contribution in [0.1, 0.15) is 13.8 Å². The quantitative estimate of drug-likeness (QED) is 0.552. The van der Waals surface area contributed by atoms with Crippen molar-refractivity contribution in [1.29, 1.82) is 0 Å². The first-order chi connectivity index (χ1) is 12.4. The minimum Gasteiger partial charge on any atom is -0.504 e. The SMILES string of the molecule is CC(C)C(N)C(=O)Oc1c(O)ccc2c(=O)cc(-c3ccccc3)oc12. The van der Waals surface area contributed by atoms with Gasteiger partial charge in [-0.3, -0.25) is 4.79 Å². The Kier molecular flexibility index (Phi) is 4.77. The molecule has 26 heavy (non-hydrogen) atoms. The van der Waals surface area contributed by atoms with Gasteiger partial charge in [0.05, 0.1) is 5.39 Å². The van der Waals surface area contributed by atoms with Crippen LogP contribution in [-0.2, 0) is 4.79 Å². The van der Waals surface area contributed by atoms with Gasteiger partial charge in [0.2, 0.25) is 5.75 Å². The molecule has 2 aromatic carbocycles. The molecule has 0 aliphatic heterocycles. The summed E-state index contributed by atoms with van der Waals surface area (Å²) >= 11 is 0. The fraction of sp³-hybridized carbons (Fsp3) is 0.200. The van der Waals surface area contributed by atoms with Crippen LogP contribution in [0.2, 0.25) is 0 Å². The summed E-state index contributed by atoms with van der Waals surface area (Å²) in [5.41, 5.74) is 6.18. The van der Waals surface area contributed by atoms with Crippen LogP contribution in [0, 0.1) is 5.92 Å². The second-order valence-corrected chi connectivity index (χ2v) is 6.32. The van der Waals surface area contributed by atoms with E-state index in [1.165, 1.54) is 18.2 Å². The van der Waals surface area contributed by atoms with E-state index in [2.05, 4.69) is 0 Å². The maximum absolute atomic E-state index is 12.5. The number of nitrogens with two attached hydrogens (primary N) is 1. The predicted octanol–water partition coefficient (Wildman–Crippen LogP) is 3.05. The highest BCUT2D eigenvalue weighted by Crippen LogP contribution is 2.36. The lowest BCUT2D eigenvalue weighted by Gasteiger charge is -2.15. The first kappa shape index (κ1) is 17.7. The maximum Gasteiger partial charge on any atom is 0.328 e. The monoisotopic (exact) mass is 353 g/mol. The number of ether oxygens (including phenoxy) is 1. The highest BCUT2D eigenvalue weighted by Gasteiger charge is 2.23. The van der Waals surface area contributed by atoms with E-state index in [1.54, 1.807) is 26.0 Å². The van der Waals surface area contributed by atoms with Crippen LogP contribution in [0.15, 0.2) is 57.7 Å². The average molecular weight is 353 g/mol. The Morgan fingerprint density at radius 3 is 2.50 bits per heavy atom. The zero-order valence-corrected chi connectivity index (χ0v) is 14.4. The summed E-state index contributed by atoms with van der Waals surface area (Å²) < 4.78 is 11.1. The number of carbonyl (C=O) groups excluding carboxylic acids is 1. The van der Waals surface area contributed by atoms with Crippen molar-refractivity contribution in [2.24, 2.45) is 11.7 Å². The lowest BCUT2D eigenvalue weighted by atomic mass is 10.1. The highest BCUT2D eigenvalue weighted by molar-refractivity contribution is 5.90. The van der Waals surface area contributed by atoms with E-state index < -0.39 is 12.0 Å². The second kappa shape index (κ2) is 7.01. The van der Waals surface area contributed by atoms with Gasteiger partial charge in [0, 0.05) is 11.6 Å². The van der Waals surface area contributed by atoms with E-state index in [-0.39, 0.29) is 33.8 Å². The first-order valence-corrected chi connectivity index (χ1v) is 8.21. The smallest absolute Gasteiger partial charge is 0.328 e. The van der Waals surface area contributed by atoms with Crippen LogP contribution < -0.4 is 15.9 Å². The van der Waals surface area contributed by atoms with Crippen molar-refractivity contribution < 1.29 is 19.1 Å². The molecule has 0 aliphatic carbocycles. The van der Waals surface area contributed by atoms with Crippen LogP contribution in [0.25, 0.3) is 22.3 Å². The van der Waals surface area contributed by atoms with Crippen LogP contribution in [0.5, 0.6) is 11.5 Å². The Morgan fingerprint density at radius 2 is 1.85 bits per heavy atom. The molecule has 0 saturated heterocycles. The summed E-state index contributed by atoms with van der Waals surface area (Å²) in [6.07, 6.45) is 0. The number of fused-ring (bicyclic) bond motifs is 1. The number of benzene rings is 2. The van der Waals surface area contributed by atoms with Gasteiger partial charge in [0.25, 0.3) is 0 Å². The van der Waals surface area contributed by atoms with Crippen molar-refractivity contribution in [3.8, 4) is 22.8 Å². The van der Waals surface area contributed by atoms with E-state index in [1.807, 2.05) is 18.2 Å². The van der Waals surface area contributed by atoms with Gasteiger partial charge in [-0.05, 0) is 18.1 Å². The Balaban J connectivity index is 2.16. The summed E-state index contributed by atoms with van der Waals surface area (Å²) in [5.74, 6) is -1.07. The molecule has 0 radical (unpaired) electrons. The number of phenolic OH excluding ortho intramolecular Hbond substituents is 1. The highest BCUT2D eigenvalue weighted by atomic mass is 16.5. The number of hydrogen-bond acceptors (Lipinski definition) is 6. The zero-order valence-electron chi connectivity index (χ0n) is 14.4. The summed E-state index contributed by atoms with van der Waals surface area (Å²) in [7, 11) is 0. The molecule has 0 fully saturated rings. The minimum absolute atomic E-state index is 0.000610. The molecule has 3 aromatic rings. The van der Waals surface area contributed by atoms with Gasteiger partial charge >= 0.3 is 5.97 Å². The molecule has 3 rings (SSSR count). The summed E-state index contributed by atoms with van der Waals surface area (Å²) in [6, 6.07) is 12.2. The van der Waals surface area contributed by atoms with Gasteiger partial charge < -0.3 is 20.0 Å². The predicted molar refractivity (Wildman–Crippen MR) is 98.0 cm³/mol. The van der Waals surface area contributed by atoms with Gasteiger partial charge in [-0.25, -0.2) is 4.79 Å². The van der Waals surface area contributed by atoms with E-state index in [0.29, 0.717) is 11.3 Å². The fourth-order valence-electron chi connectivity index (χ4n) is 2.47. The van der Waals surface area contributed by atoms with Crippen LogP contribution >= 0.6 is 0 Å². The van der Waals surface area contributed by atoms with Gasteiger partial charge in [-0.15, -0.1) is 0 Å². The second-order valence-electron chi connectivity index (χ2n) is 6.32. The molecule has 6 nitrogen and oxygen atoms in total. The van der Waals surface area contributed by atoms with Crippen LogP contribution in [0.4, 0.5) is 0 Å². The summed E-state index contributed by atoms with van der Waals surface area (Å²) in [4.78, 5) is 24.7. The molecule has 1 aromatic heterocycles. The lowest BCUT2D eigenvalue weighted by Crippen LogP contribution is -2.38. The number of carbonyl (C=O) groups is 1. The molecule has 6 heteroatoms. The third-order valence-electron chi connectivity index (χ3n) is 4.08. The largest absolute Gasteiger partial charge is 0.504 e. The van der Waals surface area contributed by atoms with Gasteiger partial charge in [-0.1, -0.05) is 44.2 Å². The number of hydrogen-bond donors (Lipinski definition) is 2. The third-order valence-corrected chi connectivity index (χ3v) is 4.08. The van der Waals surface area contributed by atoms with Gasteiger partial charge in [0.1, 0.15) is 11.8 Å². The molecule has 1 heterocycles. The fourth-order valence-corrected chi connectivity index (χ4v) is 2.47. The van der Waals surface area contributed by atoms with Crippen molar-refractivity contribution >= 4 is 16.9 Å². The Morgan fingerprint density at radius 1 is 1.15 bits per heavy atom. The molecule has 0 bridgehead atoms. The van der Waals surface area contributed by atoms with Crippen molar-refractivity contribution in [1.82, 2.24) is 0 Å². The maximum atomic E-state index is 12.5. The molecule has 3 N–H and O–H groups in total.